The summed E-state index contributed by atoms with van der Waals surface area (Å²) in [6.07, 6.45) is 4.20. The molecule has 0 aliphatic carbocycles. The first-order valence-corrected chi connectivity index (χ1v) is 10.3. The minimum Gasteiger partial charge on any atom is -0.451 e. The zero-order valence-electron chi connectivity index (χ0n) is 16.9. The topological polar surface area (TPSA) is 84.5 Å². The van der Waals surface area contributed by atoms with Gasteiger partial charge >= 0.3 is 0 Å². The highest BCUT2D eigenvalue weighted by atomic mass is 19.1. The van der Waals surface area contributed by atoms with Crippen LogP contribution in [0.3, 0.4) is 0 Å². The number of para-hydroxylation sites is 1. The van der Waals surface area contributed by atoms with Gasteiger partial charge in [0.05, 0.1) is 23.3 Å². The lowest BCUT2D eigenvalue weighted by Gasteiger charge is -2.22. The van der Waals surface area contributed by atoms with Crippen molar-refractivity contribution < 1.29 is 18.4 Å². The largest absolute Gasteiger partial charge is 0.451 e. The molecule has 0 bridgehead atoms. The summed E-state index contributed by atoms with van der Waals surface area (Å²) < 4.78 is 20.8. The number of carbonyl (C=O) groups is 2. The number of hydrogen-bond donors (Lipinski definition) is 0. The number of anilines is 1. The van der Waals surface area contributed by atoms with Gasteiger partial charge in [-0.3, -0.25) is 9.59 Å². The summed E-state index contributed by atoms with van der Waals surface area (Å²) in [7, 11) is 0. The third kappa shape index (κ3) is 2.74. The van der Waals surface area contributed by atoms with Crippen molar-refractivity contribution in [1.82, 2.24) is 19.7 Å². The minimum atomic E-state index is -0.369. The molecular formula is C23H18FN5O3. The Labute approximate surface area is 181 Å². The molecule has 32 heavy (non-hydrogen) atoms. The summed E-state index contributed by atoms with van der Waals surface area (Å²) in [6.45, 7) is 1.36. The van der Waals surface area contributed by atoms with E-state index in [0.29, 0.717) is 25.3 Å². The van der Waals surface area contributed by atoms with Crippen LogP contribution in [-0.4, -0.2) is 51.1 Å². The van der Waals surface area contributed by atoms with Gasteiger partial charge in [0.25, 0.3) is 5.91 Å². The molecule has 4 heterocycles. The van der Waals surface area contributed by atoms with Crippen LogP contribution in [0.1, 0.15) is 10.5 Å². The molecule has 0 unspecified atom stereocenters. The van der Waals surface area contributed by atoms with Gasteiger partial charge in [0.15, 0.2) is 12.1 Å². The van der Waals surface area contributed by atoms with E-state index in [9.17, 15) is 14.0 Å². The number of oxazole rings is 1. The van der Waals surface area contributed by atoms with E-state index < -0.39 is 0 Å². The maximum absolute atomic E-state index is 14.3. The second-order valence-corrected chi connectivity index (χ2v) is 8.12. The van der Waals surface area contributed by atoms with Gasteiger partial charge in [0.2, 0.25) is 5.91 Å². The van der Waals surface area contributed by atoms with E-state index in [1.165, 1.54) is 18.7 Å². The quantitative estimate of drug-likeness (QED) is 0.498. The van der Waals surface area contributed by atoms with E-state index in [-0.39, 0.29) is 35.2 Å². The standard InChI is InChI=1S/C23H18FN5O3/c24-17-4-1-2-5-21(17)29-20-7-3-6-19(15(20)8-26-29)28-10-14-9-27(11-16(14)22(28)30)23(31)18-12-32-13-25-18/h1-8,12-14,16H,9-11H2/t14-,16+/m1/s1. The van der Waals surface area contributed by atoms with Crippen LogP contribution in [0.5, 0.6) is 0 Å². The summed E-state index contributed by atoms with van der Waals surface area (Å²) in [4.78, 5) is 33.2. The predicted octanol–water partition coefficient (Wildman–Crippen LogP) is 2.89. The van der Waals surface area contributed by atoms with Crippen LogP contribution in [0.4, 0.5) is 10.1 Å². The number of carbonyl (C=O) groups excluding carboxylic acids is 2. The fourth-order valence-corrected chi connectivity index (χ4v) is 4.81. The van der Waals surface area contributed by atoms with Crippen LogP contribution in [0, 0.1) is 17.7 Å². The number of rotatable bonds is 3. The Morgan fingerprint density at radius 2 is 1.91 bits per heavy atom. The van der Waals surface area contributed by atoms with Gasteiger partial charge in [-0.05, 0) is 24.3 Å². The number of benzene rings is 2. The smallest absolute Gasteiger partial charge is 0.275 e. The predicted molar refractivity (Wildman–Crippen MR) is 113 cm³/mol. The average Bonchev–Trinajstić information content (AvgIpc) is 3.59. The van der Waals surface area contributed by atoms with Gasteiger partial charge < -0.3 is 14.2 Å². The van der Waals surface area contributed by atoms with Crippen LogP contribution in [0.25, 0.3) is 16.6 Å². The molecule has 0 radical (unpaired) electrons. The Balaban J connectivity index is 1.29. The molecule has 8 nitrogen and oxygen atoms in total. The van der Waals surface area contributed by atoms with Crippen LogP contribution in [0.2, 0.25) is 0 Å². The van der Waals surface area contributed by atoms with Crippen molar-refractivity contribution in [2.24, 2.45) is 11.8 Å². The number of likely N-dealkylation sites (tertiary alicyclic amines) is 1. The highest BCUT2D eigenvalue weighted by Gasteiger charge is 2.48. The number of halogens is 1. The van der Waals surface area contributed by atoms with Crippen LogP contribution >= 0.6 is 0 Å². The number of amides is 2. The molecule has 9 heteroatoms. The molecule has 2 saturated heterocycles. The Morgan fingerprint density at radius 1 is 1.06 bits per heavy atom. The van der Waals surface area contributed by atoms with Crippen molar-refractivity contribution >= 4 is 28.4 Å². The minimum absolute atomic E-state index is 0.0170. The van der Waals surface area contributed by atoms with E-state index in [0.717, 1.165) is 16.6 Å². The highest BCUT2D eigenvalue weighted by molar-refractivity contribution is 6.06. The molecule has 2 aliphatic rings. The summed E-state index contributed by atoms with van der Waals surface area (Å²) >= 11 is 0. The Hall–Kier alpha value is -4.01. The van der Waals surface area contributed by atoms with Gasteiger partial charge in [-0.15, -0.1) is 0 Å². The summed E-state index contributed by atoms with van der Waals surface area (Å²) in [5, 5.41) is 5.17. The lowest BCUT2D eigenvalue weighted by Crippen LogP contribution is -2.35. The monoisotopic (exact) mass is 431 g/mol. The molecule has 0 N–H and O–H groups in total. The van der Waals surface area contributed by atoms with E-state index in [1.54, 1.807) is 38.9 Å². The normalized spacial score (nSPS) is 20.3. The van der Waals surface area contributed by atoms with Gasteiger partial charge in [-0.1, -0.05) is 18.2 Å². The van der Waals surface area contributed by atoms with Crippen molar-refractivity contribution in [2.45, 2.75) is 0 Å². The molecule has 2 aliphatic heterocycles. The van der Waals surface area contributed by atoms with Crippen molar-refractivity contribution in [3.63, 3.8) is 0 Å². The third-order valence-corrected chi connectivity index (χ3v) is 6.34. The number of aromatic nitrogens is 3. The summed E-state index contributed by atoms with van der Waals surface area (Å²) in [5.74, 6) is -0.832. The Bertz CT molecular complexity index is 1350. The third-order valence-electron chi connectivity index (χ3n) is 6.34. The number of nitrogens with zero attached hydrogens (tertiary/aromatic N) is 5. The van der Waals surface area contributed by atoms with Gasteiger partial charge in [0.1, 0.15) is 17.8 Å². The van der Waals surface area contributed by atoms with E-state index >= 15 is 0 Å². The van der Waals surface area contributed by atoms with Crippen LogP contribution in [-0.2, 0) is 4.79 Å². The first kappa shape index (κ1) is 18.7. The van der Waals surface area contributed by atoms with Crippen molar-refractivity contribution in [1.29, 1.82) is 0 Å². The van der Waals surface area contributed by atoms with E-state index in [4.69, 9.17) is 4.42 Å². The molecule has 160 valence electrons. The van der Waals surface area contributed by atoms with E-state index in [2.05, 4.69) is 10.1 Å². The maximum Gasteiger partial charge on any atom is 0.275 e. The highest BCUT2D eigenvalue weighted by Crippen LogP contribution is 2.38. The zero-order valence-corrected chi connectivity index (χ0v) is 16.9. The van der Waals surface area contributed by atoms with Crippen molar-refractivity contribution in [3.05, 3.63) is 72.8 Å². The molecule has 0 spiro atoms. The first-order chi connectivity index (χ1) is 15.6. The van der Waals surface area contributed by atoms with Gasteiger partial charge in [-0.25, -0.2) is 14.1 Å². The van der Waals surface area contributed by atoms with Crippen molar-refractivity contribution in [2.75, 3.05) is 24.5 Å². The summed E-state index contributed by atoms with van der Waals surface area (Å²) in [5.41, 5.74) is 2.07. The van der Waals surface area contributed by atoms with E-state index in [1.807, 2.05) is 18.2 Å². The molecule has 2 amide bonds. The zero-order chi connectivity index (χ0) is 21.8. The molecule has 2 aromatic heterocycles. The SMILES string of the molecule is O=C(c1cocn1)N1C[C@@H]2CN(c3cccc4c3cnn4-c3ccccc3F)C(=O)[C@H]2C1. The lowest BCUT2D eigenvalue weighted by atomic mass is 10.0. The molecule has 2 atom stereocenters. The summed E-state index contributed by atoms with van der Waals surface area (Å²) in [6, 6.07) is 12.0. The van der Waals surface area contributed by atoms with Crippen molar-refractivity contribution in [3.8, 4) is 5.69 Å². The molecule has 6 rings (SSSR count). The maximum atomic E-state index is 14.3. The fraction of sp³-hybridized carbons (Fsp3) is 0.217. The van der Waals surface area contributed by atoms with Crippen LogP contribution in [0.15, 0.2) is 65.7 Å². The Morgan fingerprint density at radius 3 is 2.69 bits per heavy atom. The molecule has 2 fully saturated rings. The molecule has 4 aromatic rings. The second-order valence-electron chi connectivity index (χ2n) is 8.12. The molecule has 2 aromatic carbocycles. The fourth-order valence-electron chi connectivity index (χ4n) is 4.81. The first-order valence-electron chi connectivity index (χ1n) is 10.3. The van der Waals surface area contributed by atoms with Crippen LogP contribution < -0.4 is 4.90 Å². The molecule has 0 saturated carbocycles. The Kier molecular flexibility index (Phi) is 4.11. The average molecular weight is 431 g/mol. The number of fused-ring (bicyclic) bond motifs is 2. The van der Waals surface area contributed by atoms with Gasteiger partial charge in [0, 0.05) is 30.9 Å². The van der Waals surface area contributed by atoms with Gasteiger partial charge in [-0.2, -0.15) is 5.10 Å². The second kappa shape index (κ2) is 7.01. The molecular weight excluding hydrogens is 413 g/mol. The number of hydrogen-bond acceptors (Lipinski definition) is 5. The lowest BCUT2D eigenvalue weighted by molar-refractivity contribution is -0.120.